The highest BCUT2D eigenvalue weighted by atomic mass is 16.8. The zero-order chi connectivity index (χ0) is 9.42. The number of aromatic nitrogens is 2. The molecule has 13 heavy (non-hydrogen) atoms. The molecule has 1 aromatic heterocycles. The maximum atomic E-state index is 11.3. The van der Waals surface area contributed by atoms with E-state index in [4.69, 9.17) is 5.21 Å². The topological polar surface area (TPSA) is 103 Å². The third-order valence-corrected chi connectivity index (χ3v) is 1.90. The zero-order valence-electron chi connectivity index (χ0n) is 6.43. The van der Waals surface area contributed by atoms with E-state index in [1.807, 2.05) is 0 Å². The minimum absolute atomic E-state index is 0.00130. The highest BCUT2D eigenvalue weighted by molar-refractivity contribution is 6.46. The van der Waals surface area contributed by atoms with E-state index in [9.17, 15) is 10.0 Å². The Bertz CT molecular complexity index is 395. The Hall–Kier alpha value is -1.92. The first-order valence-electron chi connectivity index (χ1n) is 3.58. The lowest BCUT2D eigenvalue weighted by Crippen LogP contribution is -2.33. The van der Waals surface area contributed by atoms with Crippen LogP contribution in [0, 0.1) is 5.21 Å². The summed E-state index contributed by atoms with van der Waals surface area (Å²) in [6.07, 6.45) is 0.527. The van der Waals surface area contributed by atoms with Crippen molar-refractivity contribution in [2.45, 2.75) is 12.8 Å². The van der Waals surface area contributed by atoms with Crippen LogP contribution >= 0.6 is 0 Å². The van der Waals surface area contributed by atoms with Crippen molar-refractivity contribution in [3.8, 4) is 0 Å². The zero-order valence-corrected chi connectivity index (χ0v) is 6.43. The molecule has 7 nitrogen and oxygen atoms in total. The molecule has 0 saturated heterocycles. The summed E-state index contributed by atoms with van der Waals surface area (Å²) in [7, 11) is 0. The van der Waals surface area contributed by atoms with Gasteiger partial charge in [-0.2, -0.15) is 0 Å². The van der Waals surface area contributed by atoms with Crippen LogP contribution in [-0.4, -0.2) is 21.9 Å². The van der Waals surface area contributed by atoms with Crippen molar-refractivity contribution in [2.24, 2.45) is 5.16 Å². The van der Waals surface area contributed by atoms with E-state index < -0.39 is 5.78 Å². The Kier molecular flexibility index (Phi) is 1.51. The number of ketones is 1. The van der Waals surface area contributed by atoms with Crippen molar-refractivity contribution >= 4 is 11.5 Å². The van der Waals surface area contributed by atoms with Gasteiger partial charge < -0.3 is 10.4 Å². The quantitative estimate of drug-likeness (QED) is 0.324. The van der Waals surface area contributed by atoms with Gasteiger partial charge in [0.15, 0.2) is 0 Å². The molecule has 0 saturated carbocycles. The summed E-state index contributed by atoms with van der Waals surface area (Å²) in [6, 6.07) is 0. The second kappa shape index (κ2) is 2.54. The van der Waals surface area contributed by atoms with E-state index in [1.165, 1.54) is 0 Å². The Morgan fingerprint density at radius 2 is 2.38 bits per heavy atom. The fourth-order valence-corrected chi connectivity index (χ4v) is 1.23. The van der Waals surface area contributed by atoms with Crippen molar-refractivity contribution in [2.75, 3.05) is 0 Å². The second-order valence-corrected chi connectivity index (χ2v) is 2.60. The van der Waals surface area contributed by atoms with E-state index >= 15 is 0 Å². The SMILES string of the molecule is O=C1/C(=N\O)CCc2c1no[n+]2[O-]. The molecule has 0 spiro atoms. The van der Waals surface area contributed by atoms with E-state index in [2.05, 4.69) is 14.9 Å². The number of carbonyl (C=O) groups excluding carboxylic acids is 1. The summed E-state index contributed by atoms with van der Waals surface area (Å²) in [5.74, 6) is -0.554. The Labute approximate surface area is 71.8 Å². The van der Waals surface area contributed by atoms with Crippen LogP contribution in [0.5, 0.6) is 0 Å². The van der Waals surface area contributed by atoms with Gasteiger partial charge in [-0.15, -0.1) is 0 Å². The van der Waals surface area contributed by atoms with E-state index in [0.717, 1.165) is 0 Å². The van der Waals surface area contributed by atoms with Crippen molar-refractivity contribution < 1.29 is 19.5 Å². The van der Waals surface area contributed by atoms with Gasteiger partial charge in [-0.05, 0) is 4.90 Å². The fourth-order valence-electron chi connectivity index (χ4n) is 1.23. The number of rotatable bonds is 0. The lowest BCUT2D eigenvalue weighted by Gasteiger charge is -2.04. The van der Waals surface area contributed by atoms with Gasteiger partial charge in [0.05, 0.1) is 5.16 Å². The molecule has 1 N–H and O–H groups in total. The molecule has 1 aliphatic carbocycles. The first kappa shape index (κ1) is 7.71. The molecule has 1 heterocycles. The molecule has 0 amide bonds. The molecule has 0 aromatic carbocycles. The minimum atomic E-state index is -0.554. The number of carbonyl (C=O) groups is 1. The number of hydrogen-bond acceptors (Lipinski definition) is 6. The lowest BCUT2D eigenvalue weighted by atomic mass is 9.98. The van der Waals surface area contributed by atoms with Gasteiger partial charge in [-0.3, -0.25) is 9.42 Å². The average Bonchev–Trinajstić information content (AvgIpc) is 2.50. The van der Waals surface area contributed by atoms with Crippen LogP contribution < -0.4 is 4.90 Å². The van der Waals surface area contributed by atoms with Gasteiger partial charge in [0, 0.05) is 12.8 Å². The molecular weight excluding hydrogens is 178 g/mol. The molecule has 1 aliphatic rings. The summed E-state index contributed by atoms with van der Waals surface area (Å²) in [5, 5.41) is 25.3. The molecule has 0 atom stereocenters. The van der Waals surface area contributed by atoms with Gasteiger partial charge in [-0.25, -0.2) is 0 Å². The summed E-state index contributed by atoms with van der Waals surface area (Å²) < 4.78 is 4.23. The third kappa shape index (κ3) is 0.968. The van der Waals surface area contributed by atoms with Gasteiger partial charge in [0.1, 0.15) is 5.71 Å². The lowest BCUT2D eigenvalue weighted by molar-refractivity contribution is -0.807. The van der Waals surface area contributed by atoms with Crippen molar-refractivity contribution in [1.29, 1.82) is 0 Å². The molecular formula is C6H5N3O4. The Balaban J connectivity index is 2.52. The molecule has 0 bridgehead atoms. The molecule has 0 aliphatic heterocycles. The van der Waals surface area contributed by atoms with Crippen LogP contribution in [0.3, 0.4) is 0 Å². The number of nitrogens with zero attached hydrogens (tertiary/aromatic N) is 3. The van der Waals surface area contributed by atoms with Crippen LogP contribution in [0.15, 0.2) is 9.78 Å². The smallest absolute Gasteiger partial charge is 0.293 e. The molecule has 0 unspecified atom stereocenters. The van der Waals surface area contributed by atoms with Crippen molar-refractivity contribution in [1.82, 2.24) is 5.16 Å². The predicted octanol–water partition coefficient (Wildman–Crippen LogP) is -0.733. The van der Waals surface area contributed by atoms with Crippen LogP contribution in [0.2, 0.25) is 0 Å². The number of Topliss-reactive ketones (excluding diaryl/α,β-unsaturated/α-hetero) is 1. The third-order valence-electron chi connectivity index (χ3n) is 1.90. The number of oxime groups is 1. The van der Waals surface area contributed by atoms with E-state index in [0.29, 0.717) is 6.42 Å². The normalized spacial score (nSPS) is 19.1. The maximum Gasteiger partial charge on any atom is 0.293 e. The second-order valence-electron chi connectivity index (χ2n) is 2.60. The van der Waals surface area contributed by atoms with E-state index in [1.54, 1.807) is 0 Å². The van der Waals surface area contributed by atoms with Crippen molar-refractivity contribution in [3.05, 3.63) is 16.6 Å². The highest BCUT2D eigenvalue weighted by Crippen LogP contribution is 2.14. The highest BCUT2D eigenvalue weighted by Gasteiger charge is 2.34. The molecule has 2 rings (SSSR count). The number of hydrogen-bond donors (Lipinski definition) is 1. The largest absolute Gasteiger partial charge is 0.411 e. The van der Waals surface area contributed by atoms with E-state index in [-0.39, 0.29) is 28.4 Å². The standard InChI is InChI=1S/C6H5N3O4/c10-6-3(7-11)1-2-4-5(6)8-13-9(4)12/h11H,1-2H2/b7-3-. The van der Waals surface area contributed by atoms with Gasteiger partial charge in [-0.1, -0.05) is 5.16 Å². The van der Waals surface area contributed by atoms with Crippen LogP contribution in [0.4, 0.5) is 0 Å². The van der Waals surface area contributed by atoms with Gasteiger partial charge in [0.2, 0.25) is 5.69 Å². The van der Waals surface area contributed by atoms with Crippen LogP contribution in [0.25, 0.3) is 0 Å². The maximum absolute atomic E-state index is 11.3. The molecule has 0 fully saturated rings. The summed E-state index contributed by atoms with van der Waals surface area (Å²) in [4.78, 5) is 11.5. The monoisotopic (exact) mass is 183 g/mol. The van der Waals surface area contributed by atoms with Gasteiger partial charge in [0.25, 0.3) is 11.5 Å². The Morgan fingerprint density at radius 3 is 3.08 bits per heavy atom. The van der Waals surface area contributed by atoms with Crippen LogP contribution in [-0.2, 0) is 6.42 Å². The predicted molar refractivity (Wildman–Crippen MR) is 37.3 cm³/mol. The molecule has 68 valence electrons. The Morgan fingerprint density at radius 1 is 1.62 bits per heavy atom. The first-order valence-corrected chi connectivity index (χ1v) is 3.58. The summed E-state index contributed by atoms with van der Waals surface area (Å²) >= 11 is 0. The minimum Gasteiger partial charge on any atom is -0.411 e. The average molecular weight is 183 g/mol. The molecule has 1 aromatic rings. The molecule has 7 heteroatoms. The van der Waals surface area contributed by atoms with Gasteiger partial charge >= 0.3 is 0 Å². The summed E-state index contributed by atoms with van der Waals surface area (Å²) in [6.45, 7) is 0. The van der Waals surface area contributed by atoms with Crippen LogP contribution in [0.1, 0.15) is 22.6 Å². The summed E-state index contributed by atoms with van der Waals surface area (Å²) in [5.41, 5.74) is 0.132. The number of fused-ring (bicyclic) bond motifs is 1. The fraction of sp³-hybridized carbons (Fsp3) is 0.333. The molecule has 0 radical (unpaired) electrons. The first-order chi connectivity index (χ1) is 6.24. The van der Waals surface area contributed by atoms with Crippen molar-refractivity contribution in [3.63, 3.8) is 0 Å².